The van der Waals surface area contributed by atoms with Crippen LogP contribution in [-0.4, -0.2) is 46.4 Å². The van der Waals surface area contributed by atoms with Gasteiger partial charge in [0.2, 0.25) is 0 Å². The molecule has 0 saturated heterocycles. The van der Waals surface area contributed by atoms with Gasteiger partial charge in [0, 0.05) is 42.3 Å². The Balaban J connectivity index is 3.55. The first-order valence-electron chi connectivity index (χ1n) is 5.45. The summed E-state index contributed by atoms with van der Waals surface area (Å²) in [5.41, 5.74) is 0. The largest absolute Gasteiger partial charge is 0.481 e. The Hall–Kier alpha value is -1.11. The normalized spacial score (nSPS) is 13.8. The van der Waals surface area contributed by atoms with Crippen molar-refractivity contribution in [2.45, 2.75) is 19.8 Å². The molecule has 17 heavy (non-hydrogen) atoms. The van der Waals surface area contributed by atoms with Crippen molar-refractivity contribution in [1.82, 2.24) is 10.6 Å². The maximum Gasteiger partial charge on any atom is 0.314 e. The molecule has 0 aliphatic heterocycles. The molecular formula is C10H20N2O4S. The number of amides is 2. The summed E-state index contributed by atoms with van der Waals surface area (Å²) in [5, 5.41) is 13.7. The lowest BCUT2D eigenvalue weighted by Crippen LogP contribution is -2.39. The van der Waals surface area contributed by atoms with Crippen LogP contribution in [0.3, 0.4) is 0 Å². The van der Waals surface area contributed by atoms with Gasteiger partial charge in [-0.2, -0.15) is 0 Å². The second kappa shape index (κ2) is 8.98. The summed E-state index contributed by atoms with van der Waals surface area (Å²) < 4.78 is 10.7. The highest BCUT2D eigenvalue weighted by atomic mass is 32.2. The Kier molecular flexibility index (Phi) is 8.39. The summed E-state index contributed by atoms with van der Waals surface area (Å²) >= 11 is 0. The van der Waals surface area contributed by atoms with Crippen LogP contribution in [0, 0.1) is 5.92 Å². The van der Waals surface area contributed by atoms with Crippen molar-refractivity contribution in [2.75, 3.05) is 25.1 Å². The number of carbonyl (C=O) groups excluding carboxylic acids is 1. The number of hydrogen-bond acceptors (Lipinski definition) is 3. The van der Waals surface area contributed by atoms with E-state index in [-0.39, 0.29) is 18.4 Å². The van der Waals surface area contributed by atoms with Gasteiger partial charge in [0.05, 0.1) is 0 Å². The van der Waals surface area contributed by atoms with Crippen LogP contribution in [0.5, 0.6) is 0 Å². The van der Waals surface area contributed by atoms with Gasteiger partial charge in [-0.1, -0.05) is 6.92 Å². The molecule has 0 spiro atoms. The van der Waals surface area contributed by atoms with Crippen molar-refractivity contribution < 1.29 is 18.9 Å². The van der Waals surface area contributed by atoms with E-state index >= 15 is 0 Å². The summed E-state index contributed by atoms with van der Waals surface area (Å²) in [5.74, 6) is -0.272. The van der Waals surface area contributed by atoms with Crippen LogP contribution < -0.4 is 10.6 Å². The highest BCUT2D eigenvalue weighted by Gasteiger charge is 2.07. The van der Waals surface area contributed by atoms with Crippen molar-refractivity contribution in [3.8, 4) is 0 Å². The Morgan fingerprint density at radius 3 is 2.53 bits per heavy atom. The molecule has 6 nitrogen and oxygen atoms in total. The molecule has 0 aliphatic carbocycles. The molecule has 0 radical (unpaired) electrons. The van der Waals surface area contributed by atoms with E-state index in [1.54, 1.807) is 6.26 Å². The minimum Gasteiger partial charge on any atom is -0.481 e. The summed E-state index contributed by atoms with van der Waals surface area (Å²) in [6, 6.07) is -0.308. The number of carboxylic acids is 1. The van der Waals surface area contributed by atoms with E-state index in [1.165, 1.54) is 0 Å². The zero-order valence-corrected chi connectivity index (χ0v) is 11.0. The lowest BCUT2D eigenvalue weighted by molar-refractivity contribution is -0.137. The van der Waals surface area contributed by atoms with Gasteiger partial charge >= 0.3 is 12.0 Å². The maximum absolute atomic E-state index is 11.2. The smallest absolute Gasteiger partial charge is 0.314 e. The fraction of sp³-hybridized carbons (Fsp3) is 0.800. The molecule has 0 saturated carbocycles. The lowest BCUT2D eigenvalue weighted by atomic mass is 10.1. The summed E-state index contributed by atoms with van der Waals surface area (Å²) in [7, 11) is -0.911. The lowest BCUT2D eigenvalue weighted by Gasteiger charge is -2.12. The molecule has 0 heterocycles. The molecular weight excluding hydrogens is 244 g/mol. The monoisotopic (exact) mass is 264 g/mol. The fourth-order valence-electron chi connectivity index (χ4n) is 1.11. The van der Waals surface area contributed by atoms with Gasteiger partial charge in [-0.05, 0) is 12.3 Å². The van der Waals surface area contributed by atoms with Crippen LogP contribution in [0.2, 0.25) is 0 Å². The van der Waals surface area contributed by atoms with E-state index in [9.17, 15) is 13.8 Å². The topological polar surface area (TPSA) is 95.5 Å². The number of hydrogen-bond donors (Lipinski definition) is 3. The summed E-state index contributed by atoms with van der Waals surface area (Å²) in [6.45, 7) is 2.69. The Morgan fingerprint density at radius 2 is 2.00 bits per heavy atom. The highest BCUT2D eigenvalue weighted by Crippen LogP contribution is 2.03. The van der Waals surface area contributed by atoms with Gasteiger partial charge in [-0.25, -0.2) is 4.79 Å². The van der Waals surface area contributed by atoms with Crippen LogP contribution >= 0.6 is 0 Å². The summed E-state index contributed by atoms with van der Waals surface area (Å²) in [4.78, 5) is 21.5. The number of carboxylic acid groups (broad SMARTS) is 1. The van der Waals surface area contributed by atoms with Gasteiger partial charge in [0.15, 0.2) is 0 Å². The van der Waals surface area contributed by atoms with E-state index in [1.807, 2.05) is 6.92 Å². The standard InChI is InChI=1S/C10H20N2O4S/c1-8(3-4-9(13)14)7-12-10(15)11-5-6-17(2)16/h8H,3-7H2,1-2H3,(H,13,14)(H2,11,12,15). The van der Waals surface area contributed by atoms with E-state index in [2.05, 4.69) is 10.6 Å². The van der Waals surface area contributed by atoms with Crippen molar-refractivity contribution in [3.63, 3.8) is 0 Å². The van der Waals surface area contributed by atoms with E-state index in [0.717, 1.165) is 0 Å². The Labute approximate surface area is 104 Å². The fourth-order valence-corrected chi connectivity index (χ4v) is 1.50. The quantitative estimate of drug-likeness (QED) is 0.582. The number of aliphatic carboxylic acids is 1. The molecule has 2 atom stereocenters. The molecule has 3 N–H and O–H groups in total. The Bertz CT molecular complexity index is 283. The van der Waals surface area contributed by atoms with Crippen LogP contribution in [0.25, 0.3) is 0 Å². The molecule has 0 aliphatic rings. The number of nitrogens with one attached hydrogen (secondary N) is 2. The maximum atomic E-state index is 11.2. The molecule has 2 unspecified atom stereocenters. The average molecular weight is 264 g/mol. The molecule has 0 fully saturated rings. The molecule has 0 rings (SSSR count). The molecule has 0 aromatic rings. The van der Waals surface area contributed by atoms with Crippen LogP contribution in [0.4, 0.5) is 4.79 Å². The first kappa shape index (κ1) is 15.9. The second-order valence-electron chi connectivity index (χ2n) is 3.95. The summed E-state index contributed by atoms with van der Waals surface area (Å²) in [6.07, 6.45) is 2.22. The van der Waals surface area contributed by atoms with Gasteiger partial charge in [-0.3, -0.25) is 9.00 Å². The highest BCUT2D eigenvalue weighted by molar-refractivity contribution is 7.84. The third-order valence-corrected chi connectivity index (χ3v) is 2.92. The van der Waals surface area contributed by atoms with Crippen molar-refractivity contribution in [3.05, 3.63) is 0 Å². The molecule has 0 aromatic carbocycles. The zero-order valence-electron chi connectivity index (χ0n) is 10.2. The van der Waals surface area contributed by atoms with Crippen LogP contribution in [0.1, 0.15) is 19.8 Å². The predicted octanol–water partition coefficient (Wildman–Crippen LogP) is 0.165. The molecule has 7 heteroatoms. The zero-order chi connectivity index (χ0) is 13.3. The second-order valence-corrected chi connectivity index (χ2v) is 5.51. The first-order chi connectivity index (χ1) is 7.91. The van der Waals surface area contributed by atoms with Crippen molar-refractivity contribution in [1.29, 1.82) is 0 Å². The molecule has 2 amide bonds. The third kappa shape index (κ3) is 11.2. The minimum atomic E-state index is -0.911. The van der Waals surface area contributed by atoms with E-state index < -0.39 is 16.8 Å². The van der Waals surface area contributed by atoms with Crippen molar-refractivity contribution >= 4 is 22.8 Å². The van der Waals surface area contributed by atoms with E-state index in [0.29, 0.717) is 25.3 Å². The first-order valence-corrected chi connectivity index (χ1v) is 7.18. The molecule has 0 bridgehead atoms. The van der Waals surface area contributed by atoms with Crippen LogP contribution in [0.15, 0.2) is 0 Å². The van der Waals surface area contributed by atoms with Gasteiger partial charge in [0.1, 0.15) is 0 Å². The molecule has 0 aromatic heterocycles. The third-order valence-electron chi connectivity index (χ3n) is 2.14. The number of rotatable bonds is 8. The Morgan fingerprint density at radius 1 is 1.35 bits per heavy atom. The average Bonchev–Trinajstić information content (AvgIpc) is 2.23. The van der Waals surface area contributed by atoms with Crippen molar-refractivity contribution in [2.24, 2.45) is 5.92 Å². The number of urea groups is 1. The van der Waals surface area contributed by atoms with Gasteiger partial charge in [-0.15, -0.1) is 0 Å². The number of carbonyl (C=O) groups is 2. The van der Waals surface area contributed by atoms with Gasteiger partial charge in [0.25, 0.3) is 0 Å². The predicted molar refractivity (Wildman–Crippen MR) is 66.4 cm³/mol. The van der Waals surface area contributed by atoms with Gasteiger partial charge < -0.3 is 15.7 Å². The molecule has 100 valence electrons. The SMILES string of the molecule is CC(CCC(=O)O)CNC(=O)NCCS(C)=O. The van der Waals surface area contributed by atoms with Crippen LogP contribution in [-0.2, 0) is 15.6 Å². The minimum absolute atomic E-state index is 0.110. The van der Waals surface area contributed by atoms with E-state index in [4.69, 9.17) is 5.11 Å².